The van der Waals surface area contributed by atoms with Gasteiger partial charge in [-0.15, -0.1) is 0 Å². The van der Waals surface area contributed by atoms with E-state index in [1.165, 1.54) is 4.68 Å². The van der Waals surface area contributed by atoms with Gasteiger partial charge >= 0.3 is 0 Å². The fourth-order valence-electron chi connectivity index (χ4n) is 2.14. The van der Waals surface area contributed by atoms with E-state index < -0.39 is 0 Å². The average molecular weight is 308 g/mol. The molecule has 110 valence electrons. The van der Waals surface area contributed by atoms with Gasteiger partial charge in [-0.2, -0.15) is 20.1 Å². The lowest BCUT2D eigenvalue weighted by Gasteiger charge is -2.15. The van der Waals surface area contributed by atoms with Crippen LogP contribution in [-0.2, 0) is 4.79 Å². The van der Waals surface area contributed by atoms with Crippen LogP contribution in [0, 0.1) is 0 Å². The maximum Gasteiger partial charge on any atom is 0.256 e. The van der Waals surface area contributed by atoms with E-state index in [1.807, 2.05) is 4.90 Å². The predicted molar refractivity (Wildman–Crippen MR) is 76.3 cm³/mol. The first-order valence-electron chi connectivity index (χ1n) is 6.65. The van der Waals surface area contributed by atoms with E-state index in [0.29, 0.717) is 5.95 Å². The van der Waals surface area contributed by atoms with Crippen LogP contribution >= 0.6 is 11.6 Å². The first kappa shape index (κ1) is 13.7. The van der Waals surface area contributed by atoms with Crippen molar-refractivity contribution in [3.8, 4) is 5.95 Å². The number of carbonyl (C=O) groups excluding carboxylic acids is 1. The molecule has 9 heteroatoms. The Bertz CT molecular complexity index is 625. The average Bonchev–Trinajstić information content (AvgIpc) is 3.16. The van der Waals surface area contributed by atoms with Gasteiger partial charge in [-0.25, -0.2) is 4.68 Å². The second kappa shape index (κ2) is 6.04. The SMILES string of the molecule is O=C(CNc1nc(Cl)nc(-n2cccn2)n1)N1CCCC1. The number of nitrogens with one attached hydrogen (secondary N) is 1. The molecular weight excluding hydrogens is 294 g/mol. The zero-order valence-electron chi connectivity index (χ0n) is 11.2. The maximum atomic E-state index is 12.0. The molecule has 8 nitrogen and oxygen atoms in total. The van der Waals surface area contributed by atoms with Crippen molar-refractivity contribution in [3.05, 3.63) is 23.7 Å². The molecule has 1 aliphatic rings. The van der Waals surface area contributed by atoms with Crippen LogP contribution in [0.3, 0.4) is 0 Å². The summed E-state index contributed by atoms with van der Waals surface area (Å²) in [5.41, 5.74) is 0. The van der Waals surface area contributed by atoms with E-state index in [1.54, 1.807) is 18.5 Å². The van der Waals surface area contributed by atoms with Crippen LogP contribution in [0.4, 0.5) is 5.95 Å². The molecule has 0 spiro atoms. The number of anilines is 1. The Morgan fingerprint density at radius 3 is 2.81 bits per heavy atom. The van der Waals surface area contributed by atoms with E-state index in [9.17, 15) is 4.79 Å². The molecule has 2 aromatic rings. The summed E-state index contributed by atoms with van der Waals surface area (Å²) in [5, 5.41) is 6.96. The zero-order chi connectivity index (χ0) is 14.7. The second-order valence-electron chi connectivity index (χ2n) is 4.62. The number of hydrogen-bond acceptors (Lipinski definition) is 6. The molecule has 1 N–H and O–H groups in total. The summed E-state index contributed by atoms with van der Waals surface area (Å²) in [4.78, 5) is 25.9. The highest BCUT2D eigenvalue weighted by Gasteiger charge is 2.18. The van der Waals surface area contributed by atoms with Crippen molar-refractivity contribution in [3.63, 3.8) is 0 Å². The molecule has 2 aromatic heterocycles. The number of nitrogens with zero attached hydrogens (tertiary/aromatic N) is 6. The van der Waals surface area contributed by atoms with Crippen molar-refractivity contribution < 1.29 is 4.79 Å². The summed E-state index contributed by atoms with van der Waals surface area (Å²) in [6, 6.07) is 1.75. The van der Waals surface area contributed by atoms with Crippen molar-refractivity contribution in [2.45, 2.75) is 12.8 Å². The Hall–Kier alpha value is -2.22. The lowest BCUT2D eigenvalue weighted by atomic mass is 10.4. The van der Waals surface area contributed by atoms with Crippen LogP contribution in [0.5, 0.6) is 0 Å². The first-order chi connectivity index (χ1) is 10.2. The molecule has 1 fully saturated rings. The lowest BCUT2D eigenvalue weighted by Crippen LogP contribution is -2.33. The van der Waals surface area contributed by atoms with Gasteiger partial charge < -0.3 is 10.2 Å². The third kappa shape index (κ3) is 3.27. The normalized spacial score (nSPS) is 14.4. The molecule has 1 aliphatic heterocycles. The highest BCUT2D eigenvalue weighted by molar-refractivity contribution is 6.28. The molecule has 0 aliphatic carbocycles. The van der Waals surface area contributed by atoms with Gasteiger partial charge in [0.1, 0.15) is 0 Å². The Kier molecular flexibility index (Phi) is 3.96. The van der Waals surface area contributed by atoms with E-state index in [-0.39, 0.29) is 23.7 Å². The van der Waals surface area contributed by atoms with Crippen LogP contribution in [-0.4, -0.2) is 55.2 Å². The first-order valence-corrected chi connectivity index (χ1v) is 7.03. The molecule has 1 amide bonds. The van der Waals surface area contributed by atoms with Gasteiger partial charge in [-0.1, -0.05) is 0 Å². The number of aromatic nitrogens is 5. The largest absolute Gasteiger partial charge is 0.345 e. The van der Waals surface area contributed by atoms with Crippen molar-refractivity contribution in [1.29, 1.82) is 0 Å². The Morgan fingerprint density at radius 2 is 2.10 bits per heavy atom. The topological polar surface area (TPSA) is 88.8 Å². The van der Waals surface area contributed by atoms with Gasteiger partial charge in [-0.3, -0.25) is 4.79 Å². The van der Waals surface area contributed by atoms with Gasteiger partial charge in [0.25, 0.3) is 5.95 Å². The number of carbonyl (C=O) groups is 1. The third-order valence-electron chi connectivity index (χ3n) is 3.16. The van der Waals surface area contributed by atoms with E-state index >= 15 is 0 Å². The van der Waals surface area contributed by atoms with Crippen LogP contribution in [0.25, 0.3) is 5.95 Å². The highest BCUT2D eigenvalue weighted by atomic mass is 35.5. The fraction of sp³-hybridized carbons (Fsp3) is 0.417. The Balaban J connectivity index is 1.69. The lowest BCUT2D eigenvalue weighted by molar-refractivity contribution is -0.128. The molecule has 0 saturated carbocycles. The number of hydrogen-bond donors (Lipinski definition) is 1. The number of rotatable bonds is 4. The number of likely N-dealkylation sites (tertiary alicyclic amines) is 1. The second-order valence-corrected chi connectivity index (χ2v) is 4.96. The Morgan fingerprint density at radius 1 is 1.29 bits per heavy atom. The van der Waals surface area contributed by atoms with Crippen LogP contribution < -0.4 is 5.32 Å². The molecule has 1 saturated heterocycles. The smallest absolute Gasteiger partial charge is 0.256 e. The molecule has 0 atom stereocenters. The van der Waals surface area contributed by atoms with E-state index in [2.05, 4.69) is 25.4 Å². The molecule has 3 heterocycles. The van der Waals surface area contributed by atoms with Gasteiger partial charge in [0.15, 0.2) is 0 Å². The van der Waals surface area contributed by atoms with E-state index in [0.717, 1.165) is 25.9 Å². The summed E-state index contributed by atoms with van der Waals surface area (Å²) in [6.45, 7) is 1.77. The standard InChI is InChI=1S/C12H14ClN7O/c13-10-16-11(14-8-9(21)19-5-1-2-6-19)18-12(17-10)20-7-3-4-15-20/h3-4,7H,1-2,5-6,8H2,(H,14,16,17,18). The molecule has 0 bridgehead atoms. The summed E-state index contributed by atoms with van der Waals surface area (Å²) >= 11 is 5.87. The maximum absolute atomic E-state index is 12.0. The Labute approximate surface area is 126 Å². The van der Waals surface area contributed by atoms with Crippen molar-refractivity contribution in [2.75, 3.05) is 25.0 Å². The number of amides is 1. The van der Waals surface area contributed by atoms with E-state index in [4.69, 9.17) is 11.6 Å². The summed E-state index contributed by atoms with van der Waals surface area (Å²) in [7, 11) is 0. The van der Waals surface area contributed by atoms with Crippen molar-refractivity contribution in [2.24, 2.45) is 0 Å². The summed E-state index contributed by atoms with van der Waals surface area (Å²) in [6.07, 6.45) is 5.44. The van der Waals surface area contributed by atoms with Gasteiger partial charge in [0.2, 0.25) is 17.1 Å². The van der Waals surface area contributed by atoms with Gasteiger partial charge in [-0.05, 0) is 30.5 Å². The third-order valence-corrected chi connectivity index (χ3v) is 3.33. The minimum Gasteiger partial charge on any atom is -0.345 e. The summed E-state index contributed by atoms with van der Waals surface area (Å²) in [5.74, 6) is 0.592. The fourth-order valence-corrected chi connectivity index (χ4v) is 2.30. The molecule has 21 heavy (non-hydrogen) atoms. The summed E-state index contributed by atoms with van der Waals surface area (Å²) < 4.78 is 1.47. The molecule has 0 unspecified atom stereocenters. The van der Waals surface area contributed by atoms with Crippen molar-refractivity contribution in [1.82, 2.24) is 29.6 Å². The monoisotopic (exact) mass is 307 g/mol. The minimum absolute atomic E-state index is 0.0321. The number of halogens is 1. The van der Waals surface area contributed by atoms with Crippen LogP contribution in [0.2, 0.25) is 5.28 Å². The van der Waals surface area contributed by atoms with Crippen LogP contribution in [0.15, 0.2) is 18.5 Å². The highest BCUT2D eigenvalue weighted by Crippen LogP contribution is 2.10. The molecular formula is C12H14ClN7O. The van der Waals surface area contributed by atoms with Gasteiger partial charge in [0, 0.05) is 25.5 Å². The zero-order valence-corrected chi connectivity index (χ0v) is 12.0. The van der Waals surface area contributed by atoms with Crippen molar-refractivity contribution >= 4 is 23.5 Å². The molecule has 0 radical (unpaired) electrons. The molecule has 3 rings (SSSR count). The quantitative estimate of drug-likeness (QED) is 0.896. The predicted octanol–water partition coefficient (Wildman–Crippen LogP) is 0.745. The minimum atomic E-state index is 0.0321. The van der Waals surface area contributed by atoms with Crippen LogP contribution in [0.1, 0.15) is 12.8 Å². The molecule has 0 aromatic carbocycles. The van der Waals surface area contributed by atoms with Gasteiger partial charge in [0.05, 0.1) is 6.54 Å².